The molecule has 3 atom stereocenters. The Morgan fingerprint density at radius 2 is 2.19 bits per heavy atom. The van der Waals surface area contributed by atoms with Gasteiger partial charge in [-0.15, -0.1) is 0 Å². The van der Waals surface area contributed by atoms with Gasteiger partial charge in [-0.1, -0.05) is 37.1 Å². The summed E-state index contributed by atoms with van der Waals surface area (Å²) in [5.74, 6) is 1.53. The van der Waals surface area contributed by atoms with Crippen LogP contribution in [0.1, 0.15) is 33.1 Å². The summed E-state index contributed by atoms with van der Waals surface area (Å²) < 4.78 is 5.81. The molecule has 4 rings (SSSR count). The molecule has 1 aliphatic heterocycles. The van der Waals surface area contributed by atoms with Gasteiger partial charge in [0.1, 0.15) is 0 Å². The number of allylic oxidation sites excluding steroid dienone is 2. The summed E-state index contributed by atoms with van der Waals surface area (Å²) in [6, 6.07) is 0. The summed E-state index contributed by atoms with van der Waals surface area (Å²) in [6.07, 6.45) is 8.86. The van der Waals surface area contributed by atoms with Gasteiger partial charge < -0.3 is 4.74 Å². The van der Waals surface area contributed by atoms with Crippen molar-refractivity contribution in [2.24, 2.45) is 22.7 Å². The van der Waals surface area contributed by atoms with Crippen LogP contribution < -0.4 is 0 Å². The summed E-state index contributed by atoms with van der Waals surface area (Å²) in [5.41, 5.74) is 4.51. The highest BCUT2D eigenvalue weighted by Crippen LogP contribution is 2.62. The zero-order valence-electron chi connectivity index (χ0n) is 10.3. The first-order valence-electron chi connectivity index (χ1n) is 6.59. The van der Waals surface area contributed by atoms with Crippen LogP contribution in [0.4, 0.5) is 0 Å². The molecule has 4 aliphatic rings. The summed E-state index contributed by atoms with van der Waals surface area (Å²) >= 11 is 0. The van der Waals surface area contributed by atoms with Gasteiger partial charge in [-0.05, 0) is 30.6 Å². The summed E-state index contributed by atoms with van der Waals surface area (Å²) in [5, 5.41) is 0. The van der Waals surface area contributed by atoms with E-state index < -0.39 is 0 Å². The number of rotatable bonds is 0. The zero-order chi connectivity index (χ0) is 11.0. The predicted octanol–water partition coefficient (Wildman–Crippen LogP) is 3.33. The Labute approximate surface area is 97.6 Å². The van der Waals surface area contributed by atoms with E-state index in [-0.39, 0.29) is 0 Å². The third kappa shape index (κ3) is 0.964. The van der Waals surface area contributed by atoms with E-state index >= 15 is 0 Å². The lowest BCUT2D eigenvalue weighted by Gasteiger charge is -2.48. The molecule has 0 bridgehead atoms. The van der Waals surface area contributed by atoms with Crippen molar-refractivity contribution in [3.8, 4) is 0 Å². The molecule has 3 aliphatic carbocycles. The van der Waals surface area contributed by atoms with Gasteiger partial charge in [0.25, 0.3) is 0 Å². The van der Waals surface area contributed by atoms with Gasteiger partial charge in [0.2, 0.25) is 0 Å². The van der Waals surface area contributed by atoms with Gasteiger partial charge in [-0.2, -0.15) is 0 Å². The lowest BCUT2D eigenvalue weighted by molar-refractivity contribution is 0.132. The van der Waals surface area contributed by atoms with Gasteiger partial charge in [0.15, 0.2) is 0 Å². The van der Waals surface area contributed by atoms with Crippen molar-refractivity contribution in [3.05, 3.63) is 23.3 Å². The maximum Gasteiger partial charge on any atom is 0.0569 e. The lowest BCUT2D eigenvalue weighted by Crippen LogP contribution is -2.44. The van der Waals surface area contributed by atoms with Crippen LogP contribution in [0.3, 0.4) is 0 Å². The van der Waals surface area contributed by atoms with Crippen LogP contribution >= 0.6 is 0 Å². The number of fused-ring (bicyclic) bond motifs is 1. The van der Waals surface area contributed by atoms with Crippen LogP contribution in [0, 0.1) is 22.7 Å². The van der Waals surface area contributed by atoms with Crippen molar-refractivity contribution >= 4 is 0 Å². The normalized spacial score (nSPS) is 47.4. The Hall–Kier alpha value is -0.560. The standard InChI is InChI=1S/C15H20O/c1-14(2)6-10-5-11-3-4-15(11)9-16-8-13(15)12(10)7-14/h3-4,11,13H,5-9H2,1-2H3/t11-,13+,15?/m1/s1. The molecule has 0 radical (unpaired) electrons. The molecule has 0 saturated carbocycles. The lowest BCUT2D eigenvalue weighted by atomic mass is 9.54. The highest BCUT2D eigenvalue weighted by molar-refractivity contribution is 5.40. The van der Waals surface area contributed by atoms with Crippen molar-refractivity contribution in [1.82, 2.24) is 0 Å². The number of ether oxygens (including phenoxy) is 1. The third-order valence-corrected chi connectivity index (χ3v) is 5.32. The van der Waals surface area contributed by atoms with Crippen LogP contribution in [0.25, 0.3) is 0 Å². The molecule has 0 N–H and O–H groups in total. The van der Waals surface area contributed by atoms with E-state index in [0.29, 0.717) is 10.8 Å². The zero-order valence-corrected chi connectivity index (χ0v) is 10.3. The number of hydrogen-bond acceptors (Lipinski definition) is 1. The van der Waals surface area contributed by atoms with Crippen molar-refractivity contribution in [2.75, 3.05) is 13.2 Å². The minimum absolute atomic E-state index is 0.430. The molecule has 0 aromatic rings. The molecule has 0 aromatic heterocycles. The maximum absolute atomic E-state index is 5.81. The average Bonchev–Trinajstić information content (AvgIpc) is 2.73. The first-order valence-corrected chi connectivity index (χ1v) is 6.59. The van der Waals surface area contributed by atoms with Gasteiger partial charge in [-0.25, -0.2) is 0 Å². The second-order valence-corrected chi connectivity index (χ2v) is 7.00. The topological polar surface area (TPSA) is 9.23 Å². The van der Waals surface area contributed by atoms with Crippen LogP contribution in [0.15, 0.2) is 23.3 Å². The summed E-state index contributed by atoms with van der Waals surface area (Å²) in [6.45, 7) is 6.80. The van der Waals surface area contributed by atoms with E-state index in [4.69, 9.17) is 4.74 Å². The molecule has 0 amide bonds. The average molecular weight is 216 g/mol. The first-order chi connectivity index (χ1) is 7.61. The van der Waals surface area contributed by atoms with Crippen molar-refractivity contribution < 1.29 is 4.74 Å². The van der Waals surface area contributed by atoms with E-state index in [0.717, 1.165) is 25.0 Å². The first kappa shape index (κ1) is 9.47. The third-order valence-electron chi connectivity index (χ3n) is 5.32. The SMILES string of the molecule is CC1(C)CC2=C(C1)[C@@H]1COCC13C=C[C@@H]3C2. The smallest absolute Gasteiger partial charge is 0.0569 e. The van der Waals surface area contributed by atoms with E-state index in [1.807, 2.05) is 0 Å². The molecule has 86 valence electrons. The molecule has 0 aromatic carbocycles. The number of hydrogen-bond donors (Lipinski definition) is 0. The monoisotopic (exact) mass is 216 g/mol. The Balaban J connectivity index is 1.77. The van der Waals surface area contributed by atoms with Gasteiger partial charge in [0, 0.05) is 11.3 Å². The Morgan fingerprint density at radius 1 is 1.31 bits per heavy atom. The second-order valence-electron chi connectivity index (χ2n) is 7.00. The van der Waals surface area contributed by atoms with E-state index in [2.05, 4.69) is 26.0 Å². The van der Waals surface area contributed by atoms with E-state index in [1.165, 1.54) is 19.3 Å². The molecule has 1 spiro atoms. The maximum atomic E-state index is 5.81. The van der Waals surface area contributed by atoms with Gasteiger partial charge >= 0.3 is 0 Å². The van der Waals surface area contributed by atoms with Crippen LogP contribution in [-0.4, -0.2) is 13.2 Å². The predicted molar refractivity (Wildman–Crippen MR) is 64.0 cm³/mol. The molecule has 1 heteroatoms. The minimum Gasteiger partial charge on any atom is -0.380 e. The molecule has 1 nitrogen and oxygen atoms in total. The summed E-state index contributed by atoms with van der Waals surface area (Å²) in [4.78, 5) is 0. The highest BCUT2D eigenvalue weighted by atomic mass is 16.5. The van der Waals surface area contributed by atoms with E-state index in [9.17, 15) is 0 Å². The fourth-order valence-corrected chi connectivity index (χ4v) is 4.53. The van der Waals surface area contributed by atoms with Crippen molar-refractivity contribution in [2.45, 2.75) is 33.1 Å². The second kappa shape index (κ2) is 2.64. The van der Waals surface area contributed by atoms with Gasteiger partial charge in [0.05, 0.1) is 13.2 Å². The molecule has 16 heavy (non-hydrogen) atoms. The molecule has 1 unspecified atom stereocenters. The summed E-state index contributed by atoms with van der Waals surface area (Å²) in [7, 11) is 0. The molecular formula is C15H20O. The largest absolute Gasteiger partial charge is 0.380 e. The van der Waals surface area contributed by atoms with E-state index in [1.54, 1.807) is 11.1 Å². The molecule has 1 saturated heterocycles. The molecule has 1 fully saturated rings. The minimum atomic E-state index is 0.430. The van der Waals surface area contributed by atoms with Gasteiger partial charge in [-0.3, -0.25) is 0 Å². The van der Waals surface area contributed by atoms with Crippen LogP contribution in [0.2, 0.25) is 0 Å². The van der Waals surface area contributed by atoms with Crippen molar-refractivity contribution in [3.63, 3.8) is 0 Å². The van der Waals surface area contributed by atoms with Crippen LogP contribution in [-0.2, 0) is 4.74 Å². The quantitative estimate of drug-likeness (QED) is 0.564. The fourth-order valence-electron chi connectivity index (χ4n) is 4.53. The fraction of sp³-hybridized carbons (Fsp3) is 0.733. The van der Waals surface area contributed by atoms with Crippen molar-refractivity contribution in [1.29, 1.82) is 0 Å². The molecular weight excluding hydrogens is 196 g/mol. The Bertz CT molecular complexity index is 415. The highest BCUT2D eigenvalue weighted by Gasteiger charge is 2.57. The Morgan fingerprint density at radius 3 is 2.94 bits per heavy atom. The van der Waals surface area contributed by atoms with Crippen LogP contribution in [0.5, 0.6) is 0 Å². The molecule has 1 heterocycles. The Kier molecular flexibility index (Phi) is 1.56.